The minimum Gasteiger partial charge on any atom is -0.328 e. The summed E-state index contributed by atoms with van der Waals surface area (Å²) in [4.78, 5) is 3.57. The fourth-order valence-corrected chi connectivity index (χ4v) is 6.50. The van der Waals surface area contributed by atoms with Gasteiger partial charge in [0, 0.05) is 41.7 Å². The molecule has 0 aromatic heterocycles. The number of hydrogen-bond acceptors (Lipinski definition) is 2. The number of fused-ring (bicyclic) bond motifs is 2. The first kappa shape index (κ1) is 14.9. The summed E-state index contributed by atoms with van der Waals surface area (Å²) in [6, 6.07) is 2.10. The summed E-state index contributed by atoms with van der Waals surface area (Å²) in [7, 11) is 0. The lowest BCUT2D eigenvalue weighted by Gasteiger charge is -2.47. The van der Waals surface area contributed by atoms with Crippen LogP contribution in [0, 0.1) is 11.8 Å². The number of nitrogens with two attached hydrogens (primary N) is 2. The molecule has 4 fully saturated rings. The van der Waals surface area contributed by atoms with Crippen LogP contribution in [-0.2, 0) is 0 Å². The molecule has 21 heavy (non-hydrogen) atoms. The molecule has 2 aliphatic heterocycles. The zero-order valence-corrected chi connectivity index (χ0v) is 14.7. The summed E-state index contributed by atoms with van der Waals surface area (Å²) < 4.78 is 0. The van der Waals surface area contributed by atoms with Crippen molar-refractivity contribution < 1.29 is 5.32 Å². The van der Waals surface area contributed by atoms with Crippen molar-refractivity contribution in [2.24, 2.45) is 17.6 Å². The van der Waals surface area contributed by atoms with Gasteiger partial charge in [0.05, 0.1) is 6.04 Å². The fraction of sp³-hybridized carbons (Fsp3) is 1.00. The predicted octanol–water partition coefficient (Wildman–Crippen LogP) is 1.80. The second kappa shape index (κ2) is 6.10. The van der Waals surface area contributed by atoms with Crippen LogP contribution in [0.5, 0.6) is 0 Å². The standard InChI is InChI=1S/C17H30BrN3/c18-11-6-7-15-14(10-11)16(19)13-8-9-21(17(13)20-15)12-4-2-1-3-5-12/h11-17,20H,1-10,19H2/p+1. The highest BCUT2D eigenvalue weighted by Gasteiger charge is 2.53. The molecule has 2 saturated heterocycles. The number of alkyl halides is 1. The smallest absolute Gasteiger partial charge is 0.147 e. The van der Waals surface area contributed by atoms with Crippen molar-refractivity contribution in [3.05, 3.63) is 0 Å². The summed E-state index contributed by atoms with van der Waals surface area (Å²) in [5.41, 5.74) is 6.76. The SMILES string of the molecule is NC1C2CC(Br)CCC2[NH2+]C2C1CCN2C1CCCCC1. The third-order valence-electron chi connectivity index (χ3n) is 6.91. The average Bonchev–Trinajstić information content (AvgIpc) is 2.93. The first-order chi connectivity index (χ1) is 10.2. The molecule has 120 valence electrons. The van der Waals surface area contributed by atoms with Crippen molar-refractivity contribution in [3.8, 4) is 0 Å². The van der Waals surface area contributed by atoms with Gasteiger partial charge in [-0.2, -0.15) is 0 Å². The molecule has 4 rings (SSSR count). The Bertz CT molecular complexity index is 371. The van der Waals surface area contributed by atoms with E-state index in [-0.39, 0.29) is 0 Å². The Morgan fingerprint density at radius 3 is 2.57 bits per heavy atom. The lowest BCUT2D eigenvalue weighted by Crippen LogP contribution is -3.03. The van der Waals surface area contributed by atoms with Crippen molar-refractivity contribution in [3.63, 3.8) is 0 Å². The van der Waals surface area contributed by atoms with Crippen molar-refractivity contribution in [2.75, 3.05) is 6.54 Å². The molecule has 6 atom stereocenters. The van der Waals surface area contributed by atoms with E-state index in [0.717, 1.165) is 23.9 Å². The molecule has 2 saturated carbocycles. The molecule has 0 radical (unpaired) electrons. The molecule has 4 aliphatic rings. The highest BCUT2D eigenvalue weighted by molar-refractivity contribution is 9.09. The molecule has 4 heteroatoms. The molecule has 0 spiro atoms. The second-order valence-electron chi connectivity index (χ2n) is 7.98. The predicted molar refractivity (Wildman–Crippen MR) is 89.2 cm³/mol. The van der Waals surface area contributed by atoms with Crippen LogP contribution in [0.15, 0.2) is 0 Å². The molecule has 2 aliphatic carbocycles. The van der Waals surface area contributed by atoms with Gasteiger partial charge in [-0.3, -0.25) is 4.90 Å². The first-order valence-corrected chi connectivity index (χ1v) is 10.2. The molecule has 0 bridgehead atoms. The molecular weight excluding hydrogens is 326 g/mol. The van der Waals surface area contributed by atoms with E-state index in [1.54, 1.807) is 0 Å². The first-order valence-electron chi connectivity index (χ1n) is 9.24. The molecular formula is C17H31BrN3+. The minimum absolute atomic E-state index is 0.443. The number of rotatable bonds is 1. The zero-order chi connectivity index (χ0) is 14.4. The van der Waals surface area contributed by atoms with Gasteiger partial charge in [-0.25, -0.2) is 0 Å². The van der Waals surface area contributed by atoms with Crippen LogP contribution in [0.4, 0.5) is 0 Å². The van der Waals surface area contributed by atoms with E-state index in [1.807, 2.05) is 0 Å². The molecule has 2 heterocycles. The maximum atomic E-state index is 6.76. The van der Waals surface area contributed by atoms with E-state index in [4.69, 9.17) is 5.73 Å². The molecule has 6 unspecified atom stereocenters. The summed E-state index contributed by atoms with van der Waals surface area (Å²) in [5, 5.41) is 2.75. The van der Waals surface area contributed by atoms with Crippen molar-refractivity contribution in [1.29, 1.82) is 0 Å². The number of quaternary nitrogens is 1. The van der Waals surface area contributed by atoms with E-state index in [1.165, 1.54) is 64.3 Å². The Kier molecular flexibility index (Phi) is 4.34. The molecule has 0 amide bonds. The Labute approximate surface area is 137 Å². The van der Waals surface area contributed by atoms with Crippen LogP contribution in [0.2, 0.25) is 0 Å². The summed E-state index contributed by atoms with van der Waals surface area (Å²) in [6.07, 6.45) is 13.3. The molecule has 4 N–H and O–H groups in total. The van der Waals surface area contributed by atoms with Gasteiger partial charge >= 0.3 is 0 Å². The molecule has 0 aromatic carbocycles. The molecule has 3 nitrogen and oxygen atoms in total. The maximum Gasteiger partial charge on any atom is 0.147 e. The van der Waals surface area contributed by atoms with Gasteiger partial charge in [0.2, 0.25) is 0 Å². The van der Waals surface area contributed by atoms with Crippen LogP contribution in [-0.4, -0.2) is 40.6 Å². The van der Waals surface area contributed by atoms with Gasteiger partial charge in [0.1, 0.15) is 6.17 Å². The number of nitrogens with zero attached hydrogens (tertiary/aromatic N) is 1. The van der Waals surface area contributed by atoms with Crippen molar-refractivity contribution in [2.45, 2.75) is 86.9 Å². The van der Waals surface area contributed by atoms with E-state index < -0.39 is 0 Å². The second-order valence-corrected chi connectivity index (χ2v) is 9.28. The third kappa shape index (κ3) is 2.71. The Morgan fingerprint density at radius 2 is 1.76 bits per heavy atom. The summed E-state index contributed by atoms with van der Waals surface area (Å²) >= 11 is 3.84. The molecule has 0 aromatic rings. The number of hydrogen-bond donors (Lipinski definition) is 2. The van der Waals surface area contributed by atoms with Gasteiger partial charge in [-0.15, -0.1) is 0 Å². The zero-order valence-electron chi connectivity index (χ0n) is 13.1. The van der Waals surface area contributed by atoms with Gasteiger partial charge in [0.25, 0.3) is 0 Å². The summed E-state index contributed by atoms with van der Waals surface area (Å²) in [5.74, 6) is 1.49. The Balaban J connectivity index is 1.49. The van der Waals surface area contributed by atoms with Crippen LogP contribution >= 0.6 is 15.9 Å². The van der Waals surface area contributed by atoms with Gasteiger partial charge in [-0.1, -0.05) is 35.2 Å². The largest absolute Gasteiger partial charge is 0.328 e. The maximum absolute atomic E-state index is 6.76. The van der Waals surface area contributed by atoms with E-state index in [2.05, 4.69) is 26.1 Å². The summed E-state index contributed by atoms with van der Waals surface area (Å²) in [6.45, 7) is 1.31. The quantitative estimate of drug-likeness (QED) is 0.703. The van der Waals surface area contributed by atoms with E-state index in [9.17, 15) is 0 Å². The van der Waals surface area contributed by atoms with Crippen molar-refractivity contribution in [1.82, 2.24) is 4.90 Å². The van der Waals surface area contributed by atoms with Crippen LogP contribution in [0.25, 0.3) is 0 Å². The third-order valence-corrected chi connectivity index (χ3v) is 7.74. The Hall–Kier alpha value is 0.360. The van der Waals surface area contributed by atoms with E-state index >= 15 is 0 Å². The lowest BCUT2D eigenvalue weighted by atomic mass is 9.71. The van der Waals surface area contributed by atoms with Crippen LogP contribution in [0.1, 0.15) is 57.8 Å². The van der Waals surface area contributed by atoms with Gasteiger partial charge in [-0.05, 0) is 32.1 Å². The number of likely N-dealkylation sites (tertiary alicyclic amines) is 1. The Morgan fingerprint density at radius 1 is 0.952 bits per heavy atom. The minimum atomic E-state index is 0.443. The fourth-order valence-electron chi connectivity index (χ4n) is 5.80. The topological polar surface area (TPSA) is 45.9 Å². The normalized spacial score (nSPS) is 48.9. The number of halogens is 1. The lowest BCUT2D eigenvalue weighted by molar-refractivity contribution is -0.760. The number of piperidine rings is 1. The monoisotopic (exact) mass is 356 g/mol. The van der Waals surface area contributed by atoms with Crippen molar-refractivity contribution >= 4 is 15.9 Å². The highest BCUT2D eigenvalue weighted by Crippen LogP contribution is 2.39. The average molecular weight is 357 g/mol. The van der Waals surface area contributed by atoms with E-state index in [0.29, 0.717) is 17.0 Å². The van der Waals surface area contributed by atoms with Crippen LogP contribution in [0.3, 0.4) is 0 Å². The van der Waals surface area contributed by atoms with Gasteiger partial charge < -0.3 is 11.1 Å². The van der Waals surface area contributed by atoms with Crippen LogP contribution < -0.4 is 11.1 Å². The highest BCUT2D eigenvalue weighted by atomic mass is 79.9. The van der Waals surface area contributed by atoms with Gasteiger partial charge in [0.15, 0.2) is 0 Å².